The molecule has 0 atom stereocenters. The van der Waals surface area contributed by atoms with Crippen molar-refractivity contribution in [3.05, 3.63) is 76.2 Å². The van der Waals surface area contributed by atoms with Gasteiger partial charge >= 0.3 is 0 Å². The van der Waals surface area contributed by atoms with Crippen LogP contribution in [0.3, 0.4) is 0 Å². The highest BCUT2D eigenvalue weighted by Gasteiger charge is 2.08. The summed E-state index contributed by atoms with van der Waals surface area (Å²) in [5, 5.41) is 1.50. The maximum Gasteiger partial charge on any atom is 0.149 e. The summed E-state index contributed by atoms with van der Waals surface area (Å²) in [5.74, 6) is -0.305. The molecule has 3 rings (SSSR count). The van der Waals surface area contributed by atoms with Gasteiger partial charge in [0.1, 0.15) is 11.3 Å². The fraction of sp³-hybridized carbons (Fsp3) is 0.167. The van der Waals surface area contributed by atoms with Gasteiger partial charge in [-0.2, -0.15) is 0 Å². The van der Waals surface area contributed by atoms with E-state index in [0.29, 0.717) is 23.8 Å². The fourth-order valence-corrected chi connectivity index (χ4v) is 2.53. The maximum atomic E-state index is 13.9. The number of para-hydroxylation sites is 1. The van der Waals surface area contributed by atoms with Gasteiger partial charge in [-0.15, -0.1) is 0 Å². The Labute approximate surface area is 133 Å². The number of nitrogens with zero attached hydrogens (tertiary/aromatic N) is 1. The Morgan fingerprint density at radius 2 is 1.86 bits per heavy atom. The summed E-state index contributed by atoms with van der Waals surface area (Å²) in [4.78, 5) is 4.27. The van der Waals surface area contributed by atoms with Crippen LogP contribution in [0.1, 0.15) is 16.8 Å². The molecular weight excluding hydrogens is 301 g/mol. The minimum atomic E-state index is -0.305. The van der Waals surface area contributed by atoms with Crippen LogP contribution in [0.25, 0.3) is 10.9 Å². The number of aromatic nitrogens is 1. The van der Waals surface area contributed by atoms with Gasteiger partial charge in [0, 0.05) is 16.1 Å². The van der Waals surface area contributed by atoms with Crippen molar-refractivity contribution in [1.82, 2.24) is 4.98 Å². The van der Waals surface area contributed by atoms with Gasteiger partial charge in [0.25, 0.3) is 0 Å². The third-order valence-electron chi connectivity index (χ3n) is 3.44. The minimum absolute atomic E-state index is 0.305. The molecule has 3 aromatic rings. The molecule has 0 radical (unpaired) electrons. The fourth-order valence-electron chi connectivity index (χ4n) is 2.41. The Bertz CT molecular complexity index is 802. The molecule has 0 bridgehead atoms. The zero-order valence-corrected chi connectivity index (χ0v) is 12.9. The second kappa shape index (κ2) is 6.42. The van der Waals surface area contributed by atoms with Crippen molar-refractivity contribution in [3.8, 4) is 0 Å². The van der Waals surface area contributed by atoms with Crippen molar-refractivity contribution in [1.29, 1.82) is 0 Å². The van der Waals surface area contributed by atoms with Gasteiger partial charge in [-0.1, -0.05) is 35.9 Å². The van der Waals surface area contributed by atoms with E-state index in [2.05, 4.69) is 4.98 Å². The highest BCUT2D eigenvalue weighted by atomic mass is 35.5. The Morgan fingerprint density at radius 3 is 2.64 bits per heavy atom. The Kier molecular flexibility index (Phi) is 4.36. The van der Waals surface area contributed by atoms with E-state index in [9.17, 15) is 4.39 Å². The molecule has 0 saturated heterocycles. The lowest BCUT2D eigenvalue weighted by Crippen LogP contribution is -1.98. The average molecular weight is 316 g/mol. The second-order valence-corrected chi connectivity index (χ2v) is 5.61. The van der Waals surface area contributed by atoms with Crippen LogP contribution in [-0.4, -0.2) is 4.98 Å². The minimum Gasteiger partial charge on any atom is -0.372 e. The summed E-state index contributed by atoms with van der Waals surface area (Å²) < 4.78 is 19.6. The summed E-state index contributed by atoms with van der Waals surface area (Å²) in [7, 11) is 0. The number of fused-ring (bicyclic) bond motifs is 1. The van der Waals surface area contributed by atoms with Crippen molar-refractivity contribution >= 4 is 22.5 Å². The van der Waals surface area contributed by atoms with E-state index in [1.165, 1.54) is 6.07 Å². The maximum absolute atomic E-state index is 13.9. The number of hydrogen-bond donors (Lipinski definition) is 0. The lowest BCUT2D eigenvalue weighted by molar-refractivity contribution is 0.108. The molecule has 0 amide bonds. The van der Waals surface area contributed by atoms with Gasteiger partial charge in [-0.05, 0) is 42.3 Å². The van der Waals surface area contributed by atoms with E-state index in [1.54, 1.807) is 6.07 Å². The van der Waals surface area contributed by atoms with Crippen LogP contribution in [-0.2, 0) is 18.0 Å². The Morgan fingerprint density at radius 1 is 1.09 bits per heavy atom. The molecule has 0 fully saturated rings. The van der Waals surface area contributed by atoms with Crippen molar-refractivity contribution < 1.29 is 9.13 Å². The summed E-state index contributed by atoms with van der Waals surface area (Å²) in [6.07, 6.45) is 0. The first-order valence-corrected chi connectivity index (χ1v) is 7.38. The molecule has 0 unspecified atom stereocenters. The topological polar surface area (TPSA) is 22.1 Å². The highest BCUT2D eigenvalue weighted by Crippen LogP contribution is 2.22. The summed E-state index contributed by atoms with van der Waals surface area (Å²) in [5.41, 5.74) is 3.16. The monoisotopic (exact) mass is 315 g/mol. The Hall–Kier alpha value is -1.97. The van der Waals surface area contributed by atoms with Crippen LogP contribution in [0.4, 0.5) is 4.39 Å². The molecule has 22 heavy (non-hydrogen) atoms. The SMILES string of the molecule is Cc1cc(COCc2ccc(Cl)cc2)c2cccc(F)c2n1. The van der Waals surface area contributed by atoms with Crippen LogP contribution in [0.5, 0.6) is 0 Å². The highest BCUT2D eigenvalue weighted by molar-refractivity contribution is 6.30. The van der Waals surface area contributed by atoms with Crippen molar-refractivity contribution in [2.24, 2.45) is 0 Å². The van der Waals surface area contributed by atoms with E-state index in [4.69, 9.17) is 16.3 Å². The number of pyridine rings is 1. The molecule has 0 aliphatic rings. The molecule has 0 aliphatic heterocycles. The molecule has 112 valence electrons. The lowest BCUT2D eigenvalue weighted by atomic mass is 10.1. The van der Waals surface area contributed by atoms with Crippen molar-refractivity contribution in [2.45, 2.75) is 20.1 Å². The first-order chi connectivity index (χ1) is 10.6. The normalized spacial score (nSPS) is 11.0. The second-order valence-electron chi connectivity index (χ2n) is 5.18. The molecule has 1 heterocycles. The Balaban J connectivity index is 1.79. The van der Waals surface area contributed by atoms with Gasteiger partial charge in [-0.3, -0.25) is 4.98 Å². The molecule has 0 N–H and O–H groups in total. The van der Waals surface area contributed by atoms with Gasteiger partial charge in [0.2, 0.25) is 0 Å². The van der Waals surface area contributed by atoms with Crippen LogP contribution in [0, 0.1) is 12.7 Å². The van der Waals surface area contributed by atoms with E-state index < -0.39 is 0 Å². The van der Waals surface area contributed by atoms with Gasteiger partial charge in [0.05, 0.1) is 13.2 Å². The zero-order chi connectivity index (χ0) is 15.5. The molecule has 1 aromatic heterocycles. The lowest BCUT2D eigenvalue weighted by Gasteiger charge is -2.09. The molecule has 0 spiro atoms. The van der Waals surface area contributed by atoms with Gasteiger partial charge < -0.3 is 4.74 Å². The molecule has 0 saturated carbocycles. The first-order valence-electron chi connectivity index (χ1n) is 7.00. The number of rotatable bonds is 4. The quantitative estimate of drug-likeness (QED) is 0.672. The summed E-state index contributed by atoms with van der Waals surface area (Å²) in [6, 6.07) is 14.4. The van der Waals surface area contributed by atoms with Gasteiger partial charge in [-0.25, -0.2) is 4.39 Å². The van der Waals surface area contributed by atoms with E-state index in [1.807, 2.05) is 43.3 Å². The molecule has 2 aromatic carbocycles. The van der Waals surface area contributed by atoms with Crippen molar-refractivity contribution in [2.75, 3.05) is 0 Å². The zero-order valence-electron chi connectivity index (χ0n) is 12.1. The predicted molar refractivity (Wildman–Crippen MR) is 86.4 cm³/mol. The number of hydrogen-bond acceptors (Lipinski definition) is 2. The van der Waals surface area contributed by atoms with Crippen molar-refractivity contribution in [3.63, 3.8) is 0 Å². The number of ether oxygens (including phenoxy) is 1. The smallest absolute Gasteiger partial charge is 0.149 e. The molecule has 4 heteroatoms. The number of halogens is 2. The van der Waals surface area contributed by atoms with Crippen LogP contribution in [0.15, 0.2) is 48.5 Å². The van der Waals surface area contributed by atoms with E-state index in [-0.39, 0.29) is 5.82 Å². The first kappa shape index (κ1) is 14.9. The average Bonchev–Trinajstić information content (AvgIpc) is 2.50. The third-order valence-corrected chi connectivity index (χ3v) is 3.70. The van der Waals surface area contributed by atoms with Crippen LogP contribution < -0.4 is 0 Å². The summed E-state index contributed by atoms with van der Waals surface area (Å²) in [6.45, 7) is 2.75. The van der Waals surface area contributed by atoms with Crippen LogP contribution in [0.2, 0.25) is 5.02 Å². The number of benzene rings is 2. The molecule has 0 aliphatic carbocycles. The van der Waals surface area contributed by atoms with E-state index >= 15 is 0 Å². The van der Waals surface area contributed by atoms with E-state index in [0.717, 1.165) is 22.2 Å². The van der Waals surface area contributed by atoms with Gasteiger partial charge in [0.15, 0.2) is 0 Å². The largest absolute Gasteiger partial charge is 0.372 e. The molecular formula is C18H15ClFNO. The molecule has 2 nitrogen and oxygen atoms in total. The third kappa shape index (κ3) is 3.26. The predicted octanol–water partition coefficient (Wildman–Crippen LogP) is 5.05. The van der Waals surface area contributed by atoms with Crippen LogP contribution >= 0.6 is 11.6 Å². The number of aryl methyl sites for hydroxylation is 1. The standard InChI is InChI=1S/C18H15ClFNO/c1-12-9-14(16-3-2-4-17(20)18(16)21-12)11-22-10-13-5-7-15(19)8-6-13/h2-9H,10-11H2,1H3. The summed E-state index contributed by atoms with van der Waals surface area (Å²) >= 11 is 5.86.